The van der Waals surface area contributed by atoms with Gasteiger partial charge in [0.1, 0.15) is 0 Å². The Morgan fingerprint density at radius 2 is 1.13 bits per heavy atom. The molecule has 0 unspecified atom stereocenters. The summed E-state index contributed by atoms with van der Waals surface area (Å²) in [6.07, 6.45) is 3.66. The second-order valence-corrected chi connectivity index (χ2v) is 10.3. The number of nitrogens with zero attached hydrogens (tertiary/aromatic N) is 4. The molecule has 6 heteroatoms. The van der Waals surface area contributed by atoms with E-state index < -0.39 is 0 Å². The highest BCUT2D eigenvalue weighted by atomic mass is 16.1. The smallest absolute Gasteiger partial charge is 0.250 e. The lowest BCUT2D eigenvalue weighted by Gasteiger charge is -2.44. The summed E-state index contributed by atoms with van der Waals surface area (Å²) in [5.41, 5.74) is 2.82. The minimum atomic E-state index is 0.167. The van der Waals surface area contributed by atoms with Gasteiger partial charge in [0.15, 0.2) is 0 Å². The summed E-state index contributed by atoms with van der Waals surface area (Å²) in [4.78, 5) is 29.7. The van der Waals surface area contributed by atoms with Crippen molar-refractivity contribution in [1.29, 1.82) is 0 Å². The average molecular weight is 421 g/mol. The summed E-state index contributed by atoms with van der Waals surface area (Å²) < 4.78 is 4.04. The summed E-state index contributed by atoms with van der Waals surface area (Å²) in [7, 11) is 0. The molecule has 0 aliphatic carbocycles. The zero-order chi connectivity index (χ0) is 20.9. The van der Waals surface area contributed by atoms with Gasteiger partial charge in [0, 0.05) is 74.6 Å². The predicted octanol–water partition coefficient (Wildman–Crippen LogP) is 1.94. The normalized spacial score (nSPS) is 29.9. The number of rotatable bonds is 4. The minimum absolute atomic E-state index is 0.167. The van der Waals surface area contributed by atoms with Crippen molar-refractivity contribution in [2.24, 2.45) is 11.8 Å². The van der Waals surface area contributed by atoms with Gasteiger partial charge in [-0.05, 0) is 56.3 Å². The monoisotopic (exact) mass is 420 g/mol. The van der Waals surface area contributed by atoms with E-state index in [2.05, 4.69) is 21.9 Å². The third-order valence-corrected chi connectivity index (χ3v) is 8.06. The molecule has 2 aromatic heterocycles. The minimum Gasteiger partial charge on any atom is -0.312 e. The van der Waals surface area contributed by atoms with E-state index in [-0.39, 0.29) is 11.1 Å². The van der Waals surface area contributed by atoms with Crippen molar-refractivity contribution in [2.45, 2.75) is 44.2 Å². The van der Waals surface area contributed by atoms with Crippen molar-refractivity contribution in [3.8, 4) is 0 Å². The Kier molecular flexibility index (Phi) is 4.87. The molecule has 0 amide bonds. The Hall–Kier alpha value is -2.18. The molecule has 0 aromatic carbocycles. The van der Waals surface area contributed by atoms with Gasteiger partial charge in [-0.25, -0.2) is 0 Å². The molecule has 0 N–H and O–H groups in total. The van der Waals surface area contributed by atoms with Crippen LogP contribution in [0.15, 0.2) is 46.0 Å². The standard InChI is InChI=1S/C25H32N4O2/c30-24-6-1-4-22-20-10-18(14-28(22)24)12-26(16-20)8-3-9-27-13-19-11-21(17-27)23-5-2-7-25(31)29(23)15-19/h1-2,4-7,18-21H,3,8-17H2/t18-,19-,20+,21+/m0/s1. The molecule has 4 atom stereocenters. The molecule has 2 saturated heterocycles. The van der Waals surface area contributed by atoms with E-state index in [0.717, 1.165) is 52.4 Å². The summed E-state index contributed by atoms with van der Waals surface area (Å²) in [5, 5.41) is 0. The van der Waals surface area contributed by atoms with Crippen LogP contribution in [0.5, 0.6) is 0 Å². The van der Waals surface area contributed by atoms with E-state index >= 15 is 0 Å². The number of aromatic nitrogens is 2. The molecule has 4 aliphatic rings. The van der Waals surface area contributed by atoms with Crippen LogP contribution in [-0.4, -0.2) is 58.2 Å². The van der Waals surface area contributed by atoms with Gasteiger partial charge in [-0.1, -0.05) is 12.1 Å². The maximum absolute atomic E-state index is 12.2. The van der Waals surface area contributed by atoms with Gasteiger partial charge in [0.2, 0.25) is 0 Å². The molecule has 0 saturated carbocycles. The van der Waals surface area contributed by atoms with E-state index in [0.29, 0.717) is 23.7 Å². The first kappa shape index (κ1) is 19.5. The van der Waals surface area contributed by atoms with Gasteiger partial charge in [0.25, 0.3) is 11.1 Å². The second-order valence-electron chi connectivity index (χ2n) is 10.3. The fourth-order valence-corrected chi connectivity index (χ4v) is 6.87. The molecule has 2 fully saturated rings. The number of fused-ring (bicyclic) bond motifs is 8. The molecular formula is C25H32N4O2. The van der Waals surface area contributed by atoms with E-state index in [1.165, 1.54) is 30.7 Å². The first-order valence-electron chi connectivity index (χ1n) is 12.0. The Morgan fingerprint density at radius 1 is 0.645 bits per heavy atom. The molecule has 31 heavy (non-hydrogen) atoms. The van der Waals surface area contributed by atoms with Gasteiger partial charge in [0.05, 0.1) is 0 Å². The van der Waals surface area contributed by atoms with E-state index in [9.17, 15) is 9.59 Å². The van der Waals surface area contributed by atoms with Crippen LogP contribution in [0.25, 0.3) is 0 Å². The Balaban J connectivity index is 1.06. The molecule has 0 radical (unpaired) electrons. The largest absolute Gasteiger partial charge is 0.312 e. The van der Waals surface area contributed by atoms with E-state index in [1.807, 2.05) is 21.3 Å². The molecular weight excluding hydrogens is 388 g/mol. The SMILES string of the molecule is O=c1cccc2n1C[C@H]1C[C@@H]2CN(CCCN2C[C@@H]3C[C@H](C2)c2cccc(=O)n2C3)C1. The number of hydrogen-bond acceptors (Lipinski definition) is 4. The highest BCUT2D eigenvalue weighted by Crippen LogP contribution is 2.36. The number of hydrogen-bond donors (Lipinski definition) is 0. The van der Waals surface area contributed by atoms with E-state index in [1.54, 1.807) is 12.1 Å². The summed E-state index contributed by atoms with van der Waals surface area (Å²) >= 11 is 0. The van der Waals surface area contributed by atoms with Crippen LogP contribution in [0.3, 0.4) is 0 Å². The van der Waals surface area contributed by atoms with Gasteiger partial charge < -0.3 is 18.9 Å². The summed E-state index contributed by atoms with van der Waals surface area (Å²) in [5.74, 6) is 2.22. The van der Waals surface area contributed by atoms with Crippen molar-refractivity contribution in [1.82, 2.24) is 18.9 Å². The van der Waals surface area contributed by atoms with Crippen LogP contribution >= 0.6 is 0 Å². The third-order valence-electron chi connectivity index (χ3n) is 8.06. The lowest BCUT2D eigenvalue weighted by Crippen LogP contribution is -2.49. The van der Waals surface area contributed by atoms with Crippen molar-refractivity contribution >= 4 is 0 Å². The molecule has 6 heterocycles. The van der Waals surface area contributed by atoms with Crippen LogP contribution in [0.2, 0.25) is 0 Å². The maximum Gasteiger partial charge on any atom is 0.250 e. The first-order chi connectivity index (χ1) is 15.1. The molecule has 4 aliphatic heterocycles. The Morgan fingerprint density at radius 3 is 1.61 bits per heavy atom. The van der Waals surface area contributed by atoms with Gasteiger partial charge in [-0.2, -0.15) is 0 Å². The summed E-state index contributed by atoms with van der Waals surface area (Å²) in [6.45, 7) is 8.48. The lowest BCUT2D eigenvalue weighted by atomic mass is 9.82. The van der Waals surface area contributed by atoms with Crippen molar-refractivity contribution in [3.63, 3.8) is 0 Å². The Bertz CT molecular complexity index is 1000. The lowest BCUT2D eigenvalue weighted by molar-refractivity contribution is 0.0963. The summed E-state index contributed by atoms with van der Waals surface area (Å²) in [6, 6.07) is 11.6. The average Bonchev–Trinajstić information content (AvgIpc) is 2.75. The van der Waals surface area contributed by atoms with Crippen LogP contribution in [0.1, 0.15) is 42.5 Å². The van der Waals surface area contributed by atoms with Crippen molar-refractivity contribution in [2.75, 3.05) is 39.3 Å². The molecule has 6 rings (SSSR count). The van der Waals surface area contributed by atoms with Crippen LogP contribution in [0.4, 0.5) is 0 Å². The second kappa shape index (κ2) is 7.75. The fourth-order valence-electron chi connectivity index (χ4n) is 6.87. The highest BCUT2D eigenvalue weighted by molar-refractivity contribution is 5.18. The van der Waals surface area contributed by atoms with Crippen LogP contribution < -0.4 is 11.1 Å². The zero-order valence-electron chi connectivity index (χ0n) is 18.2. The zero-order valence-corrected chi connectivity index (χ0v) is 18.2. The highest BCUT2D eigenvalue weighted by Gasteiger charge is 2.36. The molecule has 0 spiro atoms. The predicted molar refractivity (Wildman–Crippen MR) is 121 cm³/mol. The van der Waals surface area contributed by atoms with Gasteiger partial charge in [-0.3, -0.25) is 9.59 Å². The number of pyridine rings is 2. The van der Waals surface area contributed by atoms with Crippen molar-refractivity contribution in [3.05, 3.63) is 68.5 Å². The maximum atomic E-state index is 12.2. The van der Waals surface area contributed by atoms with Crippen LogP contribution in [-0.2, 0) is 13.1 Å². The molecule has 6 nitrogen and oxygen atoms in total. The number of likely N-dealkylation sites (tertiary alicyclic amines) is 2. The fraction of sp³-hybridized carbons (Fsp3) is 0.600. The van der Waals surface area contributed by atoms with Crippen molar-refractivity contribution < 1.29 is 0 Å². The van der Waals surface area contributed by atoms with E-state index in [4.69, 9.17) is 0 Å². The Labute approximate surface area is 183 Å². The van der Waals surface area contributed by atoms with Gasteiger partial charge >= 0.3 is 0 Å². The molecule has 164 valence electrons. The quantitative estimate of drug-likeness (QED) is 0.759. The molecule has 4 bridgehead atoms. The van der Waals surface area contributed by atoms with Gasteiger partial charge in [-0.15, -0.1) is 0 Å². The number of piperidine rings is 2. The van der Waals surface area contributed by atoms with Crippen LogP contribution in [0, 0.1) is 11.8 Å². The topological polar surface area (TPSA) is 50.5 Å². The first-order valence-corrected chi connectivity index (χ1v) is 12.0. The molecule has 2 aromatic rings. The third kappa shape index (κ3) is 3.60.